The normalized spacial score (nSPS) is 15.8. The highest BCUT2D eigenvalue weighted by atomic mass is 15.3. The van der Waals surface area contributed by atoms with E-state index in [2.05, 4.69) is 65.0 Å². The van der Waals surface area contributed by atoms with Crippen LogP contribution in [0.2, 0.25) is 0 Å². The average Bonchev–Trinajstić information content (AvgIpc) is 3.16. The van der Waals surface area contributed by atoms with Crippen molar-refractivity contribution in [1.82, 2.24) is 24.6 Å². The summed E-state index contributed by atoms with van der Waals surface area (Å²) < 4.78 is 1.93. The Hall–Kier alpha value is -2.27. The molecule has 3 aromatic rings. The first-order chi connectivity index (χ1) is 14.0. The van der Waals surface area contributed by atoms with Gasteiger partial charge < -0.3 is 4.90 Å². The van der Waals surface area contributed by atoms with Gasteiger partial charge >= 0.3 is 0 Å². The highest BCUT2D eigenvalue weighted by Crippen LogP contribution is 2.25. The van der Waals surface area contributed by atoms with Crippen LogP contribution in [-0.2, 0) is 11.8 Å². The molecule has 1 aliphatic rings. The molecule has 1 fully saturated rings. The maximum Gasteiger partial charge on any atom is 0.166 e. The molecule has 5 nitrogen and oxygen atoms in total. The Kier molecular flexibility index (Phi) is 5.95. The number of aromatic nitrogens is 4. The van der Waals surface area contributed by atoms with Crippen LogP contribution in [0, 0.1) is 0 Å². The first-order valence-electron chi connectivity index (χ1n) is 11.0. The first-order valence-corrected chi connectivity index (χ1v) is 11.0. The molecule has 0 amide bonds. The van der Waals surface area contributed by atoms with Crippen molar-refractivity contribution in [3.05, 3.63) is 48.0 Å². The van der Waals surface area contributed by atoms with Gasteiger partial charge in [-0.3, -0.25) is 0 Å². The maximum atomic E-state index is 4.63. The SMILES string of the molecule is CC(C)(C)c1ccc(-n2ncc3c(CCCCN4CCCCC4)ncnc32)cc1. The number of hydrogen-bond acceptors (Lipinski definition) is 4. The van der Waals surface area contributed by atoms with E-state index < -0.39 is 0 Å². The first kappa shape index (κ1) is 20.0. The van der Waals surface area contributed by atoms with Crippen molar-refractivity contribution in [3.63, 3.8) is 0 Å². The van der Waals surface area contributed by atoms with E-state index in [-0.39, 0.29) is 5.41 Å². The molecule has 4 rings (SSSR count). The molecule has 5 heteroatoms. The van der Waals surface area contributed by atoms with Gasteiger partial charge in [0.25, 0.3) is 0 Å². The summed E-state index contributed by atoms with van der Waals surface area (Å²) in [5.41, 5.74) is 4.53. The summed E-state index contributed by atoms with van der Waals surface area (Å²) in [5, 5.41) is 5.70. The monoisotopic (exact) mass is 391 g/mol. The van der Waals surface area contributed by atoms with Crippen molar-refractivity contribution in [1.29, 1.82) is 0 Å². The standard InChI is InChI=1S/C24H33N5/c1-24(2,3)19-10-12-20(13-11-19)29-23-21(17-27-29)22(25-18-26-23)9-5-8-16-28-14-6-4-7-15-28/h10-13,17-18H,4-9,14-16H2,1-3H3. The van der Waals surface area contributed by atoms with E-state index in [1.54, 1.807) is 6.33 Å². The molecule has 29 heavy (non-hydrogen) atoms. The Morgan fingerprint density at radius 1 is 0.931 bits per heavy atom. The molecular formula is C24H33N5. The van der Waals surface area contributed by atoms with Gasteiger partial charge in [0, 0.05) is 0 Å². The Balaban J connectivity index is 1.45. The summed E-state index contributed by atoms with van der Waals surface area (Å²) in [7, 11) is 0. The molecular weight excluding hydrogens is 358 g/mol. The topological polar surface area (TPSA) is 46.8 Å². The lowest BCUT2D eigenvalue weighted by molar-refractivity contribution is 0.225. The number of rotatable bonds is 6. The Morgan fingerprint density at radius 2 is 1.69 bits per heavy atom. The fraction of sp³-hybridized carbons (Fsp3) is 0.542. The van der Waals surface area contributed by atoms with E-state index in [1.807, 2.05) is 10.9 Å². The molecule has 1 aromatic carbocycles. The number of piperidine rings is 1. The van der Waals surface area contributed by atoms with Crippen LogP contribution in [0.3, 0.4) is 0 Å². The van der Waals surface area contributed by atoms with Gasteiger partial charge in [0.1, 0.15) is 6.33 Å². The predicted octanol–water partition coefficient (Wildman–Crippen LogP) is 4.92. The smallest absolute Gasteiger partial charge is 0.166 e. The molecule has 0 atom stereocenters. The largest absolute Gasteiger partial charge is 0.303 e. The molecule has 154 valence electrons. The molecule has 3 heterocycles. The van der Waals surface area contributed by atoms with Gasteiger partial charge in [-0.15, -0.1) is 0 Å². The van der Waals surface area contributed by atoms with Gasteiger partial charge in [0.05, 0.1) is 23.0 Å². The van der Waals surface area contributed by atoms with Crippen molar-refractivity contribution in [3.8, 4) is 5.69 Å². The van der Waals surface area contributed by atoms with E-state index in [0.717, 1.165) is 35.3 Å². The van der Waals surface area contributed by atoms with Crippen LogP contribution in [0.4, 0.5) is 0 Å². The van der Waals surface area contributed by atoms with Crippen LogP contribution >= 0.6 is 0 Å². The lowest BCUT2D eigenvalue weighted by atomic mass is 9.87. The lowest BCUT2D eigenvalue weighted by Gasteiger charge is -2.26. The zero-order valence-electron chi connectivity index (χ0n) is 18.1. The van der Waals surface area contributed by atoms with Gasteiger partial charge in [-0.25, -0.2) is 14.6 Å². The average molecular weight is 392 g/mol. The zero-order chi connectivity index (χ0) is 20.3. The number of fused-ring (bicyclic) bond motifs is 1. The minimum Gasteiger partial charge on any atom is -0.303 e. The van der Waals surface area contributed by atoms with Crippen molar-refractivity contribution < 1.29 is 0 Å². The molecule has 0 unspecified atom stereocenters. The van der Waals surface area contributed by atoms with Crippen molar-refractivity contribution in [2.24, 2.45) is 0 Å². The molecule has 0 spiro atoms. The molecule has 0 saturated carbocycles. The Morgan fingerprint density at radius 3 is 2.41 bits per heavy atom. The van der Waals surface area contributed by atoms with Crippen LogP contribution in [0.1, 0.15) is 64.1 Å². The van der Waals surface area contributed by atoms with Crippen LogP contribution in [0.5, 0.6) is 0 Å². The molecule has 0 bridgehead atoms. The quantitative estimate of drug-likeness (QED) is 0.560. The van der Waals surface area contributed by atoms with Crippen LogP contribution in [-0.4, -0.2) is 44.3 Å². The van der Waals surface area contributed by atoms with E-state index in [0.29, 0.717) is 0 Å². The number of benzene rings is 1. The van der Waals surface area contributed by atoms with Gasteiger partial charge in [-0.2, -0.15) is 5.10 Å². The van der Waals surface area contributed by atoms with Crippen LogP contribution in [0.15, 0.2) is 36.8 Å². The lowest BCUT2D eigenvalue weighted by Crippen LogP contribution is -2.30. The highest BCUT2D eigenvalue weighted by molar-refractivity contribution is 5.78. The fourth-order valence-electron chi connectivity index (χ4n) is 4.19. The molecule has 2 aromatic heterocycles. The predicted molar refractivity (Wildman–Crippen MR) is 119 cm³/mol. The number of aryl methyl sites for hydroxylation is 1. The molecule has 0 N–H and O–H groups in total. The fourth-order valence-corrected chi connectivity index (χ4v) is 4.19. The van der Waals surface area contributed by atoms with Crippen LogP contribution in [0.25, 0.3) is 16.7 Å². The third-order valence-corrected chi connectivity index (χ3v) is 6.01. The second kappa shape index (κ2) is 8.62. The summed E-state index contributed by atoms with van der Waals surface area (Å²) in [4.78, 5) is 11.7. The number of nitrogens with zero attached hydrogens (tertiary/aromatic N) is 5. The maximum absolute atomic E-state index is 4.63. The number of likely N-dealkylation sites (tertiary alicyclic amines) is 1. The highest BCUT2D eigenvalue weighted by Gasteiger charge is 2.15. The van der Waals surface area contributed by atoms with Gasteiger partial charge in [0.15, 0.2) is 5.65 Å². The third-order valence-electron chi connectivity index (χ3n) is 6.01. The second-order valence-corrected chi connectivity index (χ2v) is 9.27. The summed E-state index contributed by atoms with van der Waals surface area (Å²) in [6.07, 6.45) is 11.1. The van der Waals surface area contributed by atoms with Crippen molar-refractivity contribution >= 4 is 11.0 Å². The zero-order valence-corrected chi connectivity index (χ0v) is 18.1. The summed E-state index contributed by atoms with van der Waals surface area (Å²) in [6, 6.07) is 8.64. The third kappa shape index (κ3) is 4.67. The van der Waals surface area contributed by atoms with Gasteiger partial charge in [0.2, 0.25) is 0 Å². The number of unbranched alkanes of at least 4 members (excludes halogenated alkanes) is 1. The Labute approximate surface area is 174 Å². The molecule has 0 aliphatic carbocycles. The van der Waals surface area contributed by atoms with E-state index >= 15 is 0 Å². The van der Waals surface area contributed by atoms with Crippen molar-refractivity contribution in [2.45, 2.75) is 64.7 Å². The van der Waals surface area contributed by atoms with Gasteiger partial charge in [-0.05, 0) is 74.8 Å². The van der Waals surface area contributed by atoms with Gasteiger partial charge in [-0.1, -0.05) is 39.3 Å². The molecule has 1 saturated heterocycles. The molecule has 0 radical (unpaired) electrons. The van der Waals surface area contributed by atoms with Crippen LogP contribution < -0.4 is 0 Å². The summed E-state index contributed by atoms with van der Waals surface area (Å²) >= 11 is 0. The molecule has 1 aliphatic heterocycles. The number of hydrogen-bond donors (Lipinski definition) is 0. The van der Waals surface area contributed by atoms with Crippen molar-refractivity contribution in [2.75, 3.05) is 19.6 Å². The van der Waals surface area contributed by atoms with E-state index in [1.165, 1.54) is 50.9 Å². The van der Waals surface area contributed by atoms with E-state index in [9.17, 15) is 0 Å². The Bertz CT molecular complexity index is 930. The van der Waals surface area contributed by atoms with E-state index in [4.69, 9.17) is 0 Å². The minimum absolute atomic E-state index is 0.147. The second-order valence-electron chi connectivity index (χ2n) is 9.27. The minimum atomic E-state index is 0.147. The summed E-state index contributed by atoms with van der Waals surface area (Å²) in [5.74, 6) is 0. The summed E-state index contributed by atoms with van der Waals surface area (Å²) in [6.45, 7) is 10.5.